The zero-order valence-electron chi connectivity index (χ0n) is 8.44. The molecule has 0 heterocycles. The molecule has 1 aromatic rings. The van der Waals surface area contributed by atoms with Crippen LogP contribution in [0, 0.1) is 6.92 Å². The highest BCUT2D eigenvalue weighted by molar-refractivity contribution is 5.26. The predicted octanol–water partition coefficient (Wildman–Crippen LogP) is 2.73. The summed E-state index contributed by atoms with van der Waals surface area (Å²) in [5.41, 5.74) is 2.63. The van der Waals surface area contributed by atoms with Crippen LogP contribution in [0.15, 0.2) is 41.7 Å². The van der Waals surface area contributed by atoms with Crippen LogP contribution in [0.25, 0.3) is 0 Å². The molecule has 0 fully saturated rings. The number of ether oxygens (including phenoxy) is 1. The molecule has 1 aromatic carbocycles. The van der Waals surface area contributed by atoms with Gasteiger partial charge in [-0.25, -0.2) is 0 Å². The standard InChI is InChI=1S/C12H15NO/c1-11-5-3-4-6-12(11)7-9-14-10-8-13-2/h3-6,8,10H,2,7,9H2,1H3/b10-8-. The van der Waals surface area contributed by atoms with Gasteiger partial charge in [0.15, 0.2) is 0 Å². The van der Waals surface area contributed by atoms with Crippen molar-refractivity contribution in [3.05, 3.63) is 47.9 Å². The van der Waals surface area contributed by atoms with Crippen LogP contribution in [-0.2, 0) is 11.2 Å². The van der Waals surface area contributed by atoms with Crippen molar-refractivity contribution in [3.63, 3.8) is 0 Å². The fraction of sp³-hybridized carbons (Fsp3) is 0.250. The summed E-state index contributed by atoms with van der Waals surface area (Å²) >= 11 is 0. The van der Waals surface area contributed by atoms with Crippen LogP contribution < -0.4 is 0 Å². The van der Waals surface area contributed by atoms with Crippen molar-refractivity contribution in [3.8, 4) is 0 Å². The molecule has 1 rings (SSSR count). The Kier molecular flexibility index (Phi) is 4.48. The van der Waals surface area contributed by atoms with Gasteiger partial charge in [-0.15, -0.1) is 0 Å². The first kappa shape index (κ1) is 10.5. The fourth-order valence-corrected chi connectivity index (χ4v) is 1.21. The van der Waals surface area contributed by atoms with Crippen molar-refractivity contribution in [2.24, 2.45) is 4.99 Å². The number of hydrogen-bond donors (Lipinski definition) is 0. The number of aliphatic imine (C=N–C) groups is 1. The van der Waals surface area contributed by atoms with Crippen LogP contribution in [-0.4, -0.2) is 13.3 Å². The van der Waals surface area contributed by atoms with Crippen LogP contribution in [0.2, 0.25) is 0 Å². The van der Waals surface area contributed by atoms with Gasteiger partial charge in [-0.1, -0.05) is 24.3 Å². The summed E-state index contributed by atoms with van der Waals surface area (Å²) in [5.74, 6) is 0. The number of rotatable bonds is 5. The molecule has 0 aliphatic heterocycles. The van der Waals surface area contributed by atoms with Gasteiger partial charge in [-0.3, -0.25) is 4.99 Å². The van der Waals surface area contributed by atoms with E-state index in [2.05, 4.69) is 30.8 Å². The lowest BCUT2D eigenvalue weighted by atomic mass is 10.1. The average molecular weight is 189 g/mol. The SMILES string of the molecule is C=N/C=C\OCCc1ccccc1C. The van der Waals surface area contributed by atoms with Crippen molar-refractivity contribution in [2.45, 2.75) is 13.3 Å². The van der Waals surface area contributed by atoms with Crippen molar-refractivity contribution < 1.29 is 4.74 Å². The first-order valence-corrected chi connectivity index (χ1v) is 4.61. The van der Waals surface area contributed by atoms with E-state index in [1.807, 2.05) is 12.1 Å². The Balaban J connectivity index is 2.35. The summed E-state index contributed by atoms with van der Waals surface area (Å²) in [6.07, 6.45) is 4.03. The second-order valence-corrected chi connectivity index (χ2v) is 3.02. The Morgan fingerprint density at radius 3 is 2.93 bits per heavy atom. The Bertz CT molecular complexity index is 318. The van der Waals surface area contributed by atoms with E-state index in [-0.39, 0.29) is 0 Å². The van der Waals surface area contributed by atoms with Crippen molar-refractivity contribution >= 4 is 6.72 Å². The summed E-state index contributed by atoms with van der Waals surface area (Å²) in [6.45, 7) is 6.10. The van der Waals surface area contributed by atoms with Crippen LogP contribution in [0.5, 0.6) is 0 Å². The molecule has 0 N–H and O–H groups in total. The smallest absolute Gasteiger partial charge is 0.101 e. The van der Waals surface area contributed by atoms with Crippen molar-refractivity contribution in [2.75, 3.05) is 6.61 Å². The first-order chi connectivity index (χ1) is 6.84. The summed E-state index contributed by atoms with van der Waals surface area (Å²) in [5, 5.41) is 0. The lowest BCUT2D eigenvalue weighted by Gasteiger charge is -2.04. The zero-order chi connectivity index (χ0) is 10.2. The summed E-state index contributed by atoms with van der Waals surface area (Å²) < 4.78 is 5.22. The molecule has 0 unspecified atom stereocenters. The largest absolute Gasteiger partial charge is 0.499 e. The second-order valence-electron chi connectivity index (χ2n) is 3.02. The maximum absolute atomic E-state index is 5.22. The third kappa shape index (κ3) is 3.44. The number of hydrogen-bond acceptors (Lipinski definition) is 2. The quantitative estimate of drug-likeness (QED) is 0.396. The van der Waals surface area contributed by atoms with Gasteiger partial charge in [0.25, 0.3) is 0 Å². The summed E-state index contributed by atoms with van der Waals surface area (Å²) in [7, 11) is 0. The van der Waals surface area contributed by atoms with Gasteiger partial charge >= 0.3 is 0 Å². The Morgan fingerprint density at radius 1 is 1.43 bits per heavy atom. The maximum atomic E-state index is 5.22. The molecule has 0 saturated heterocycles. The van der Waals surface area contributed by atoms with Crippen LogP contribution in [0.4, 0.5) is 0 Å². The zero-order valence-corrected chi connectivity index (χ0v) is 8.44. The summed E-state index contributed by atoms with van der Waals surface area (Å²) in [6, 6.07) is 8.31. The molecule has 0 aliphatic rings. The van der Waals surface area contributed by atoms with Crippen LogP contribution >= 0.6 is 0 Å². The minimum atomic E-state index is 0.677. The van der Waals surface area contributed by atoms with E-state index in [0.29, 0.717) is 6.61 Å². The minimum absolute atomic E-state index is 0.677. The minimum Gasteiger partial charge on any atom is -0.499 e. The number of nitrogens with zero attached hydrogens (tertiary/aromatic N) is 1. The van der Waals surface area contributed by atoms with E-state index in [1.165, 1.54) is 17.3 Å². The van der Waals surface area contributed by atoms with Gasteiger partial charge in [0, 0.05) is 6.42 Å². The van der Waals surface area contributed by atoms with E-state index >= 15 is 0 Å². The lowest BCUT2D eigenvalue weighted by Crippen LogP contribution is -1.95. The van der Waals surface area contributed by atoms with Crippen LogP contribution in [0.3, 0.4) is 0 Å². The first-order valence-electron chi connectivity index (χ1n) is 4.61. The van der Waals surface area contributed by atoms with Gasteiger partial charge in [0.1, 0.15) is 6.26 Å². The van der Waals surface area contributed by atoms with Gasteiger partial charge < -0.3 is 4.74 Å². The number of benzene rings is 1. The van der Waals surface area contributed by atoms with E-state index in [9.17, 15) is 0 Å². The molecule has 2 heteroatoms. The van der Waals surface area contributed by atoms with Gasteiger partial charge in [-0.2, -0.15) is 0 Å². The van der Waals surface area contributed by atoms with Crippen LogP contribution in [0.1, 0.15) is 11.1 Å². The molecule has 0 aromatic heterocycles. The highest BCUT2D eigenvalue weighted by atomic mass is 16.5. The molecule has 0 amide bonds. The molecule has 0 bridgehead atoms. The molecular formula is C12H15NO. The maximum Gasteiger partial charge on any atom is 0.101 e. The van der Waals surface area contributed by atoms with Gasteiger partial charge in [-0.05, 0) is 24.8 Å². The topological polar surface area (TPSA) is 21.6 Å². The molecule has 74 valence electrons. The molecular weight excluding hydrogens is 174 g/mol. The summed E-state index contributed by atoms with van der Waals surface area (Å²) in [4.78, 5) is 3.54. The Morgan fingerprint density at radius 2 is 2.21 bits per heavy atom. The molecule has 0 saturated carbocycles. The second kappa shape index (κ2) is 5.97. The monoisotopic (exact) mass is 189 g/mol. The Hall–Kier alpha value is -1.57. The third-order valence-electron chi connectivity index (χ3n) is 2.01. The molecule has 0 spiro atoms. The predicted molar refractivity (Wildman–Crippen MR) is 59.5 cm³/mol. The third-order valence-corrected chi connectivity index (χ3v) is 2.01. The average Bonchev–Trinajstić information content (AvgIpc) is 2.20. The lowest BCUT2D eigenvalue weighted by molar-refractivity contribution is 0.253. The van der Waals surface area contributed by atoms with E-state index < -0.39 is 0 Å². The fourth-order valence-electron chi connectivity index (χ4n) is 1.21. The van der Waals surface area contributed by atoms with Gasteiger partial charge in [0.05, 0.1) is 12.8 Å². The normalized spacial score (nSPS) is 10.4. The van der Waals surface area contributed by atoms with E-state index in [0.717, 1.165) is 6.42 Å². The highest BCUT2D eigenvalue weighted by Crippen LogP contribution is 2.07. The van der Waals surface area contributed by atoms with Crippen molar-refractivity contribution in [1.82, 2.24) is 0 Å². The molecule has 14 heavy (non-hydrogen) atoms. The molecule has 0 radical (unpaired) electrons. The molecule has 0 atom stereocenters. The molecule has 2 nitrogen and oxygen atoms in total. The van der Waals surface area contributed by atoms with E-state index in [1.54, 1.807) is 6.26 Å². The van der Waals surface area contributed by atoms with Crippen molar-refractivity contribution in [1.29, 1.82) is 0 Å². The Labute approximate surface area is 84.9 Å². The highest BCUT2D eigenvalue weighted by Gasteiger charge is 1.95. The van der Waals surface area contributed by atoms with E-state index in [4.69, 9.17) is 4.74 Å². The molecule has 0 aliphatic carbocycles. The number of aryl methyl sites for hydroxylation is 1. The van der Waals surface area contributed by atoms with Gasteiger partial charge in [0.2, 0.25) is 0 Å².